The molecule has 4 atom stereocenters. The van der Waals surface area contributed by atoms with Gasteiger partial charge in [-0.2, -0.15) is 0 Å². The molecule has 1 aliphatic rings. The zero-order valence-corrected chi connectivity index (χ0v) is 16.3. The number of ether oxygens (including phenoxy) is 3. The predicted octanol–water partition coefficient (Wildman–Crippen LogP) is 0.698. The van der Waals surface area contributed by atoms with E-state index in [0.717, 1.165) is 6.07 Å². The van der Waals surface area contributed by atoms with E-state index in [-0.39, 0.29) is 40.6 Å². The lowest BCUT2D eigenvalue weighted by molar-refractivity contribution is -0.242. The highest BCUT2D eigenvalue weighted by Gasteiger charge is 2.39. The van der Waals surface area contributed by atoms with Gasteiger partial charge in [-0.3, -0.25) is 4.79 Å². The molecule has 10 heteroatoms. The van der Waals surface area contributed by atoms with Crippen molar-refractivity contribution in [1.82, 2.24) is 0 Å². The van der Waals surface area contributed by atoms with Gasteiger partial charge in [0.2, 0.25) is 6.29 Å². The number of rotatable bonds is 4. The minimum atomic E-state index is -1.54. The maximum absolute atomic E-state index is 12.6. The van der Waals surface area contributed by atoms with E-state index in [9.17, 15) is 30.3 Å². The number of hydrogen-bond donors (Lipinski definition) is 5. The van der Waals surface area contributed by atoms with Crippen LogP contribution in [-0.2, 0) is 4.74 Å². The van der Waals surface area contributed by atoms with Crippen molar-refractivity contribution in [2.24, 2.45) is 0 Å². The van der Waals surface area contributed by atoms with Crippen molar-refractivity contribution >= 4 is 11.0 Å². The first-order valence-electron chi connectivity index (χ1n) is 9.29. The van der Waals surface area contributed by atoms with E-state index in [1.54, 1.807) is 0 Å². The largest absolute Gasteiger partial charge is 0.507 e. The van der Waals surface area contributed by atoms with Crippen molar-refractivity contribution in [2.45, 2.75) is 24.6 Å². The van der Waals surface area contributed by atoms with Crippen LogP contribution in [0.5, 0.6) is 23.0 Å². The summed E-state index contributed by atoms with van der Waals surface area (Å²) in [7, 11) is 1.38. The van der Waals surface area contributed by atoms with Crippen molar-refractivity contribution in [3.63, 3.8) is 0 Å². The fourth-order valence-corrected chi connectivity index (χ4v) is 3.30. The molecule has 0 bridgehead atoms. The number of aromatic hydroxyl groups is 2. The fourth-order valence-electron chi connectivity index (χ4n) is 3.30. The minimum absolute atomic E-state index is 0.00114. The smallest absolute Gasteiger partial charge is 0.228 e. The van der Waals surface area contributed by atoms with Gasteiger partial charge < -0.3 is 44.2 Å². The highest BCUT2D eigenvalue weighted by atomic mass is 16.7. The summed E-state index contributed by atoms with van der Waals surface area (Å²) in [5, 5.41) is 49.3. The summed E-state index contributed by atoms with van der Waals surface area (Å²) < 4.78 is 21.5. The first-order chi connectivity index (χ1) is 14.8. The highest BCUT2D eigenvalue weighted by molar-refractivity contribution is 5.86. The topological polar surface area (TPSA) is 159 Å². The molecular formula is C21H20O10. The van der Waals surface area contributed by atoms with Crippen LogP contribution < -0.4 is 14.9 Å². The van der Waals surface area contributed by atoms with Gasteiger partial charge in [-0.1, -0.05) is 0 Å². The Labute approximate surface area is 175 Å². The van der Waals surface area contributed by atoms with Gasteiger partial charge in [0.05, 0.1) is 13.7 Å². The summed E-state index contributed by atoms with van der Waals surface area (Å²) in [6, 6.07) is 8.07. The number of aliphatic hydroxyl groups is 3. The second kappa shape index (κ2) is 8.08. The number of phenolic OH excluding ortho intramolecular Hbond substituents is 2. The van der Waals surface area contributed by atoms with Crippen LogP contribution in [-0.4, -0.2) is 63.9 Å². The molecule has 10 nitrogen and oxygen atoms in total. The quantitative estimate of drug-likeness (QED) is 0.397. The summed E-state index contributed by atoms with van der Waals surface area (Å²) in [5.74, 6) is -0.159. The second-order valence-electron chi connectivity index (χ2n) is 7.05. The molecule has 0 unspecified atom stereocenters. The molecule has 0 aliphatic carbocycles. The Balaban J connectivity index is 1.73. The number of fused-ring (bicyclic) bond motifs is 1. The van der Waals surface area contributed by atoms with E-state index < -0.39 is 35.8 Å². The molecule has 4 rings (SSSR count). The van der Waals surface area contributed by atoms with Crippen LogP contribution in [0.3, 0.4) is 0 Å². The third kappa shape index (κ3) is 3.89. The zero-order chi connectivity index (χ0) is 22.3. The molecule has 0 saturated carbocycles. The van der Waals surface area contributed by atoms with Gasteiger partial charge in [0, 0.05) is 23.8 Å². The highest BCUT2D eigenvalue weighted by Crippen LogP contribution is 2.35. The molecule has 1 aromatic heterocycles. The van der Waals surface area contributed by atoms with Gasteiger partial charge in [0.1, 0.15) is 46.5 Å². The number of phenols is 2. The van der Waals surface area contributed by atoms with Crippen LogP contribution >= 0.6 is 0 Å². The second-order valence-corrected chi connectivity index (χ2v) is 7.05. The number of benzene rings is 2. The summed E-state index contributed by atoms with van der Waals surface area (Å²) in [4.78, 5) is 12.6. The van der Waals surface area contributed by atoms with Crippen LogP contribution in [0, 0.1) is 0 Å². The van der Waals surface area contributed by atoms with Crippen LogP contribution in [0.1, 0.15) is 0 Å². The monoisotopic (exact) mass is 432 g/mol. The maximum Gasteiger partial charge on any atom is 0.228 e. The van der Waals surface area contributed by atoms with Crippen molar-refractivity contribution in [3.8, 4) is 34.3 Å². The normalized spacial score (nSPS) is 23.6. The van der Waals surface area contributed by atoms with Crippen LogP contribution in [0.15, 0.2) is 45.6 Å². The summed E-state index contributed by atoms with van der Waals surface area (Å²) >= 11 is 0. The summed E-state index contributed by atoms with van der Waals surface area (Å²) in [6.45, 7) is -0.260. The van der Waals surface area contributed by atoms with E-state index in [0.29, 0.717) is 5.56 Å². The lowest BCUT2D eigenvalue weighted by Crippen LogP contribution is -2.54. The summed E-state index contributed by atoms with van der Waals surface area (Å²) in [6.07, 6.45) is -5.58. The van der Waals surface area contributed by atoms with Gasteiger partial charge in [-0.15, -0.1) is 0 Å². The SMILES string of the molecule is COc1cc(-c2cc(=O)c3c(O)cc(O[C@@H]4OC[C@H](O)[C@@H](O)[C@H]4O)cc3o2)ccc1O. The first kappa shape index (κ1) is 20.9. The number of methoxy groups -OCH3 is 1. The molecule has 0 radical (unpaired) electrons. The Kier molecular flexibility index (Phi) is 5.46. The van der Waals surface area contributed by atoms with E-state index in [1.807, 2.05) is 0 Å². The lowest BCUT2D eigenvalue weighted by Gasteiger charge is -2.34. The molecular weight excluding hydrogens is 412 g/mol. The van der Waals surface area contributed by atoms with Crippen molar-refractivity contribution < 1.29 is 44.2 Å². The van der Waals surface area contributed by atoms with E-state index in [4.69, 9.17) is 18.6 Å². The Hall–Kier alpha value is -3.31. The molecule has 31 heavy (non-hydrogen) atoms. The van der Waals surface area contributed by atoms with Crippen LogP contribution in [0.25, 0.3) is 22.3 Å². The van der Waals surface area contributed by atoms with Crippen molar-refractivity contribution in [1.29, 1.82) is 0 Å². The van der Waals surface area contributed by atoms with Gasteiger partial charge >= 0.3 is 0 Å². The van der Waals surface area contributed by atoms with Crippen LogP contribution in [0.4, 0.5) is 0 Å². The molecule has 2 aromatic carbocycles. The Bertz CT molecular complexity index is 1170. The fraction of sp³-hybridized carbons (Fsp3) is 0.286. The maximum atomic E-state index is 12.6. The molecule has 1 saturated heterocycles. The standard InChI is InChI=1S/C21H20O10/c1-28-16-4-9(2-3-11(16)22)15-7-13(24)18-12(23)5-10(6-17(18)31-15)30-21-20(27)19(26)14(25)8-29-21/h2-7,14,19-23,25-27H,8H2,1H3/t14-,19+,20+,21-/m0/s1. The molecule has 0 amide bonds. The Morgan fingerprint density at radius 2 is 1.77 bits per heavy atom. The average molecular weight is 432 g/mol. The van der Waals surface area contributed by atoms with E-state index in [2.05, 4.69) is 0 Å². The van der Waals surface area contributed by atoms with Crippen molar-refractivity contribution in [2.75, 3.05) is 13.7 Å². The van der Waals surface area contributed by atoms with Crippen LogP contribution in [0.2, 0.25) is 0 Å². The Morgan fingerprint density at radius 3 is 2.52 bits per heavy atom. The first-order valence-corrected chi connectivity index (χ1v) is 9.29. The molecule has 0 spiro atoms. The molecule has 3 aromatic rings. The number of aliphatic hydroxyl groups excluding tert-OH is 3. The average Bonchev–Trinajstić information content (AvgIpc) is 2.74. The lowest BCUT2D eigenvalue weighted by atomic mass is 10.1. The van der Waals surface area contributed by atoms with Crippen molar-refractivity contribution in [3.05, 3.63) is 46.6 Å². The minimum Gasteiger partial charge on any atom is -0.507 e. The third-order valence-corrected chi connectivity index (χ3v) is 4.95. The van der Waals surface area contributed by atoms with E-state index >= 15 is 0 Å². The Morgan fingerprint density at radius 1 is 1.00 bits per heavy atom. The predicted molar refractivity (Wildman–Crippen MR) is 106 cm³/mol. The zero-order valence-electron chi connectivity index (χ0n) is 16.3. The third-order valence-electron chi connectivity index (χ3n) is 4.95. The molecule has 5 N–H and O–H groups in total. The molecule has 1 aliphatic heterocycles. The molecule has 164 valence electrons. The van der Waals surface area contributed by atoms with E-state index in [1.165, 1.54) is 37.4 Å². The van der Waals surface area contributed by atoms with Gasteiger partial charge in [0.25, 0.3) is 0 Å². The number of hydrogen-bond acceptors (Lipinski definition) is 10. The van der Waals surface area contributed by atoms with Gasteiger partial charge in [-0.25, -0.2) is 0 Å². The molecule has 2 heterocycles. The van der Waals surface area contributed by atoms with Gasteiger partial charge in [0.15, 0.2) is 16.9 Å². The summed E-state index contributed by atoms with van der Waals surface area (Å²) in [5.41, 5.74) is -0.0714. The van der Waals surface area contributed by atoms with Gasteiger partial charge in [-0.05, 0) is 18.2 Å². The molecule has 1 fully saturated rings.